The van der Waals surface area contributed by atoms with Gasteiger partial charge in [0.15, 0.2) is 0 Å². The fourth-order valence-corrected chi connectivity index (χ4v) is 9.63. The van der Waals surface area contributed by atoms with Gasteiger partial charge in [-0.3, -0.25) is 14.4 Å². The van der Waals surface area contributed by atoms with E-state index in [0.717, 1.165) is 36.4 Å². The number of thioether (sulfide) groups is 1. The molecule has 2 unspecified atom stereocenters. The van der Waals surface area contributed by atoms with E-state index in [0.29, 0.717) is 12.8 Å². The van der Waals surface area contributed by atoms with Crippen LogP contribution in [-0.2, 0) is 25.5 Å². The maximum absolute atomic E-state index is 14.9. The lowest BCUT2D eigenvalue weighted by Crippen LogP contribution is -2.58. The highest BCUT2D eigenvalue weighted by Crippen LogP contribution is 2.67. The largest absolute Gasteiger partial charge is 0.466 e. The van der Waals surface area contributed by atoms with E-state index in [1.54, 1.807) is 34.6 Å². The molecule has 3 heterocycles. The van der Waals surface area contributed by atoms with Gasteiger partial charge in [-0.05, 0) is 69.9 Å². The van der Waals surface area contributed by atoms with Crippen LogP contribution in [0.2, 0.25) is 0 Å². The van der Waals surface area contributed by atoms with Gasteiger partial charge in [-0.2, -0.15) is 0 Å². The molecule has 3 saturated heterocycles. The molecule has 3 aliphatic rings. The Labute approximate surface area is 259 Å². The van der Waals surface area contributed by atoms with Gasteiger partial charge in [0, 0.05) is 36.3 Å². The molecule has 2 bridgehead atoms. The van der Waals surface area contributed by atoms with Crippen LogP contribution in [0.15, 0.2) is 67.3 Å². The van der Waals surface area contributed by atoms with Crippen LogP contribution in [0.4, 0.5) is 11.4 Å². The molecule has 6 atom stereocenters. The Morgan fingerprint density at radius 1 is 1.12 bits per heavy atom. The highest BCUT2D eigenvalue weighted by atomic mass is 32.2. The Kier molecular flexibility index (Phi) is 9.51. The fraction of sp³-hybridized carbons (Fsp3) is 0.500. The lowest BCUT2D eigenvalue weighted by Gasteiger charge is -2.39. The third-order valence-electron chi connectivity index (χ3n) is 9.32. The van der Waals surface area contributed by atoms with Crippen molar-refractivity contribution in [2.75, 3.05) is 42.6 Å². The van der Waals surface area contributed by atoms with Crippen molar-refractivity contribution in [1.29, 1.82) is 0 Å². The van der Waals surface area contributed by atoms with Gasteiger partial charge in [0.25, 0.3) is 5.91 Å². The van der Waals surface area contributed by atoms with Crippen LogP contribution in [-0.4, -0.2) is 82.7 Å². The summed E-state index contributed by atoms with van der Waals surface area (Å²) in [5.74, 6) is -2.10. The number of anilines is 2. The second-order valence-corrected chi connectivity index (χ2v) is 13.1. The lowest BCUT2D eigenvalue weighted by atomic mass is 9.71. The first-order valence-electron chi connectivity index (χ1n) is 15.4. The molecule has 2 amide bonds. The molecule has 1 spiro atoms. The smallest absolute Gasteiger partial charge is 0.310 e. The molecule has 8 nitrogen and oxygen atoms in total. The molecule has 2 aromatic carbocycles. The Bertz CT molecular complexity index is 1320. The minimum Gasteiger partial charge on any atom is -0.466 e. The second kappa shape index (κ2) is 13.1. The Balaban J connectivity index is 1.57. The van der Waals surface area contributed by atoms with Crippen LogP contribution in [0.25, 0.3) is 0 Å². The van der Waals surface area contributed by atoms with Crippen LogP contribution in [0, 0.1) is 11.8 Å². The number of rotatable bonds is 13. The monoisotopic (exact) mass is 605 g/mol. The first-order chi connectivity index (χ1) is 20.8. The summed E-state index contributed by atoms with van der Waals surface area (Å²) in [4.78, 5) is 48.2. The van der Waals surface area contributed by atoms with E-state index in [4.69, 9.17) is 4.74 Å². The fourth-order valence-electron chi connectivity index (χ4n) is 7.44. The van der Waals surface area contributed by atoms with E-state index >= 15 is 0 Å². The lowest BCUT2D eigenvalue weighted by molar-refractivity contribution is -0.154. The van der Waals surface area contributed by atoms with Crippen LogP contribution in [0.3, 0.4) is 0 Å². The van der Waals surface area contributed by atoms with E-state index in [1.165, 1.54) is 0 Å². The molecule has 5 rings (SSSR count). The molecule has 0 saturated carbocycles. The molecule has 9 heteroatoms. The summed E-state index contributed by atoms with van der Waals surface area (Å²) in [5, 5.41) is 10.6. The first kappa shape index (κ1) is 31.1. The average Bonchev–Trinajstić information content (AvgIpc) is 3.67. The summed E-state index contributed by atoms with van der Waals surface area (Å²) in [6.45, 7) is 11.9. The van der Waals surface area contributed by atoms with Gasteiger partial charge < -0.3 is 24.5 Å². The zero-order chi connectivity index (χ0) is 30.7. The third kappa shape index (κ3) is 5.46. The summed E-state index contributed by atoms with van der Waals surface area (Å²) in [6, 6.07) is 16.1. The van der Waals surface area contributed by atoms with E-state index in [1.807, 2.05) is 54.6 Å². The zero-order valence-corrected chi connectivity index (χ0v) is 26.2. The van der Waals surface area contributed by atoms with E-state index in [2.05, 4.69) is 25.3 Å². The zero-order valence-electron chi connectivity index (χ0n) is 25.4. The maximum atomic E-state index is 14.9. The average molecular weight is 606 g/mol. The maximum Gasteiger partial charge on any atom is 0.310 e. The molecule has 1 N–H and O–H groups in total. The highest BCUT2D eigenvalue weighted by molar-refractivity contribution is 8.02. The number of aliphatic hydroxyl groups is 1. The number of aliphatic hydroxyl groups excluding tert-OH is 1. The summed E-state index contributed by atoms with van der Waals surface area (Å²) in [5.41, 5.74) is 2.75. The Hall–Kier alpha value is -3.30. The minimum atomic E-state index is -0.845. The van der Waals surface area contributed by atoms with Crippen LogP contribution >= 0.6 is 11.8 Å². The number of carbonyl (C=O) groups excluding carboxylic acids is 3. The topological polar surface area (TPSA) is 90.4 Å². The van der Waals surface area contributed by atoms with Crippen molar-refractivity contribution in [3.63, 3.8) is 0 Å². The highest BCUT2D eigenvalue weighted by Gasteiger charge is 2.74. The van der Waals surface area contributed by atoms with Crippen molar-refractivity contribution in [1.82, 2.24) is 4.90 Å². The normalized spacial score (nSPS) is 26.2. The van der Waals surface area contributed by atoms with Crippen molar-refractivity contribution in [3.05, 3.63) is 72.8 Å². The van der Waals surface area contributed by atoms with Gasteiger partial charge in [-0.15, -0.1) is 18.3 Å². The van der Waals surface area contributed by atoms with E-state index in [9.17, 15) is 19.5 Å². The van der Waals surface area contributed by atoms with Gasteiger partial charge in [0.2, 0.25) is 5.91 Å². The van der Waals surface area contributed by atoms with Crippen molar-refractivity contribution in [2.24, 2.45) is 11.8 Å². The number of fused-ring (bicyclic) bond motifs is 1. The van der Waals surface area contributed by atoms with Gasteiger partial charge in [0.1, 0.15) is 6.04 Å². The summed E-state index contributed by atoms with van der Waals surface area (Å²) >= 11 is 1.61. The predicted molar refractivity (Wildman–Crippen MR) is 171 cm³/mol. The molecular weight excluding hydrogens is 562 g/mol. The SMILES string of the molecule is C=CCN(C(=O)C1N([C@@H](CO)Cc2ccccc2)C(=O)[C@@H]2[C@@H](C(=O)OCC)[C@H]3CCC12S3)c1ccc(N(CC)CC)cc1. The molecule has 3 fully saturated rings. The molecule has 2 aromatic rings. The molecule has 0 radical (unpaired) electrons. The van der Waals surface area contributed by atoms with Gasteiger partial charge >= 0.3 is 5.97 Å². The van der Waals surface area contributed by atoms with Crippen molar-refractivity contribution < 1.29 is 24.2 Å². The standard InChI is InChI=1S/C34H43N3O5S/c1-5-20-36(25-16-14-24(15-17-25)35(6-2)7-3)32(40)30-34-19-18-27(43-34)28(33(41)42-8-4)29(34)31(39)37(30)26(22-38)21-23-12-10-9-11-13-23/h5,9-17,26-30,38H,1,6-8,18-22H2,2-4H3/t26-,27-,28+,29+,30?,34?/m1/s1. The van der Waals surface area contributed by atoms with E-state index < -0.39 is 28.7 Å². The summed E-state index contributed by atoms with van der Waals surface area (Å²) in [7, 11) is 0. The Morgan fingerprint density at radius 2 is 1.79 bits per heavy atom. The molecule has 230 valence electrons. The number of nitrogens with zero attached hydrogens (tertiary/aromatic N) is 3. The molecule has 0 aromatic heterocycles. The molecule has 0 aliphatic carbocycles. The van der Waals surface area contributed by atoms with Gasteiger partial charge in [-0.25, -0.2) is 0 Å². The van der Waals surface area contributed by atoms with Gasteiger partial charge in [-0.1, -0.05) is 36.4 Å². The first-order valence-corrected chi connectivity index (χ1v) is 16.3. The summed E-state index contributed by atoms with van der Waals surface area (Å²) < 4.78 is 4.69. The number of likely N-dealkylation sites (tertiary alicyclic amines) is 1. The van der Waals surface area contributed by atoms with Crippen LogP contribution in [0.1, 0.15) is 39.2 Å². The third-order valence-corrected chi connectivity index (χ3v) is 11.3. The number of amides is 2. The van der Waals surface area contributed by atoms with Crippen molar-refractivity contribution in [3.8, 4) is 0 Å². The van der Waals surface area contributed by atoms with E-state index in [-0.39, 0.29) is 42.8 Å². The van der Waals surface area contributed by atoms with Gasteiger partial charge in [0.05, 0.1) is 35.8 Å². The number of ether oxygens (including phenoxy) is 1. The quantitative estimate of drug-likeness (QED) is 0.269. The minimum absolute atomic E-state index is 0.0756. The second-order valence-electron chi connectivity index (χ2n) is 11.5. The predicted octanol–water partition coefficient (Wildman–Crippen LogP) is 4.31. The molecule has 3 aliphatic heterocycles. The Morgan fingerprint density at radius 3 is 2.40 bits per heavy atom. The number of esters is 1. The van der Waals surface area contributed by atoms with Crippen molar-refractivity contribution in [2.45, 2.75) is 62.1 Å². The molecule has 43 heavy (non-hydrogen) atoms. The number of carbonyl (C=O) groups is 3. The number of benzene rings is 2. The van der Waals surface area contributed by atoms with Crippen LogP contribution < -0.4 is 9.80 Å². The molecular formula is C34H43N3O5S. The van der Waals surface area contributed by atoms with Crippen LogP contribution in [0.5, 0.6) is 0 Å². The number of hydrogen-bond donors (Lipinski definition) is 1. The summed E-state index contributed by atoms with van der Waals surface area (Å²) in [6.07, 6.45) is 3.47. The number of hydrogen-bond acceptors (Lipinski definition) is 7. The van der Waals surface area contributed by atoms with Crippen molar-refractivity contribution >= 4 is 40.9 Å².